The van der Waals surface area contributed by atoms with Crippen LogP contribution in [0.5, 0.6) is 0 Å². The van der Waals surface area contributed by atoms with Crippen molar-refractivity contribution < 1.29 is 4.43 Å². The van der Waals surface area contributed by atoms with E-state index in [1.165, 1.54) is 57.4 Å². The van der Waals surface area contributed by atoms with Crippen LogP contribution in [0.2, 0.25) is 19.1 Å². The number of allylic oxidation sites excluding steroid dienone is 1. The summed E-state index contributed by atoms with van der Waals surface area (Å²) in [5, 5.41) is 0. The largest absolute Gasteiger partial charge is 0.417 e. The zero-order valence-electron chi connectivity index (χ0n) is 12.3. The molecule has 0 radical (unpaired) electrons. The van der Waals surface area contributed by atoms with Crippen molar-refractivity contribution >= 4 is 8.32 Å². The molecular formula is C15H32OSi. The van der Waals surface area contributed by atoms with Gasteiger partial charge in [0, 0.05) is 6.61 Å². The van der Waals surface area contributed by atoms with E-state index in [0.29, 0.717) is 0 Å². The molecule has 0 spiro atoms. The zero-order valence-corrected chi connectivity index (χ0v) is 13.3. The molecule has 2 heteroatoms. The third-order valence-corrected chi connectivity index (χ3v) is 6.09. The van der Waals surface area contributed by atoms with Gasteiger partial charge in [-0.3, -0.25) is 0 Å². The topological polar surface area (TPSA) is 9.23 Å². The molecule has 0 aliphatic heterocycles. The molecule has 0 saturated heterocycles. The summed E-state index contributed by atoms with van der Waals surface area (Å²) in [5.41, 5.74) is 0. The van der Waals surface area contributed by atoms with Crippen molar-refractivity contribution in [1.82, 2.24) is 0 Å². The fourth-order valence-corrected chi connectivity index (χ4v) is 2.63. The number of unbranched alkanes of at least 4 members (excludes halogenated alkanes) is 7. The van der Waals surface area contributed by atoms with Gasteiger partial charge in [0.15, 0.2) is 8.32 Å². The Kier molecular flexibility index (Phi) is 11.0. The Bertz CT molecular complexity index is 178. The second-order valence-electron chi connectivity index (χ2n) is 5.51. The number of hydrogen-bond donors (Lipinski definition) is 0. The smallest absolute Gasteiger partial charge is 0.186 e. The molecule has 0 aromatic rings. The van der Waals surface area contributed by atoms with E-state index in [0.717, 1.165) is 6.61 Å². The highest BCUT2D eigenvalue weighted by molar-refractivity contribution is 6.71. The monoisotopic (exact) mass is 256 g/mol. The Hall–Kier alpha value is -0.0831. The van der Waals surface area contributed by atoms with E-state index in [1.54, 1.807) is 0 Å². The van der Waals surface area contributed by atoms with Crippen LogP contribution in [0.4, 0.5) is 0 Å². The lowest BCUT2D eigenvalue weighted by Crippen LogP contribution is -2.29. The molecule has 0 heterocycles. The van der Waals surface area contributed by atoms with Crippen LogP contribution in [-0.2, 0) is 4.43 Å². The summed E-state index contributed by atoms with van der Waals surface area (Å²) in [7, 11) is -1.28. The third kappa shape index (κ3) is 12.2. The molecule has 0 N–H and O–H groups in total. The number of hydrogen-bond acceptors (Lipinski definition) is 1. The van der Waals surface area contributed by atoms with Gasteiger partial charge in [-0.1, -0.05) is 45.1 Å². The lowest BCUT2D eigenvalue weighted by Gasteiger charge is -2.20. The Morgan fingerprint density at radius 1 is 0.941 bits per heavy atom. The molecular weight excluding hydrogens is 224 g/mol. The zero-order chi connectivity index (χ0) is 13.0. The van der Waals surface area contributed by atoms with Crippen LogP contribution < -0.4 is 0 Å². The Morgan fingerprint density at radius 3 is 2.00 bits per heavy atom. The van der Waals surface area contributed by atoms with Gasteiger partial charge in [-0.2, -0.15) is 0 Å². The van der Waals surface area contributed by atoms with E-state index >= 15 is 0 Å². The van der Waals surface area contributed by atoms with Crippen LogP contribution in [0, 0.1) is 0 Å². The van der Waals surface area contributed by atoms with Crippen molar-refractivity contribution in [3.05, 3.63) is 12.7 Å². The maximum absolute atomic E-state index is 5.97. The van der Waals surface area contributed by atoms with E-state index in [9.17, 15) is 0 Å². The standard InChI is InChI=1S/C15H32OSi/c1-5-7-8-9-10-11-12-13-14-15-16-17(3,4)6-2/h5H,1,6-15H2,2-4H3. The van der Waals surface area contributed by atoms with Crippen LogP contribution in [0.3, 0.4) is 0 Å². The maximum Gasteiger partial charge on any atom is 0.186 e. The Morgan fingerprint density at radius 2 is 1.47 bits per heavy atom. The van der Waals surface area contributed by atoms with Crippen molar-refractivity contribution in [2.75, 3.05) is 6.61 Å². The first-order chi connectivity index (χ1) is 8.12. The van der Waals surface area contributed by atoms with Gasteiger partial charge in [0.05, 0.1) is 0 Å². The van der Waals surface area contributed by atoms with Gasteiger partial charge in [-0.15, -0.1) is 6.58 Å². The predicted molar refractivity (Wildman–Crippen MR) is 81.0 cm³/mol. The van der Waals surface area contributed by atoms with Crippen LogP contribution in [-0.4, -0.2) is 14.9 Å². The molecule has 0 rings (SSSR count). The fraction of sp³-hybridized carbons (Fsp3) is 0.867. The molecule has 0 unspecified atom stereocenters. The van der Waals surface area contributed by atoms with Gasteiger partial charge in [0.1, 0.15) is 0 Å². The first-order valence-electron chi connectivity index (χ1n) is 7.37. The molecule has 0 saturated carbocycles. The molecule has 102 valence electrons. The fourth-order valence-electron chi connectivity index (χ4n) is 1.73. The molecule has 0 bridgehead atoms. The van der Waals surface area contributed by atoms with E-state index < -0.39 is 8.32 Å². The summed E-state index contributed by atoms with van der Waals surface area (Å²) in [6.45, 7) is 11.6. The normalized spacial score (nSPS) is 11.7. The summed E-state index contributed by atoms with van der Waals surface area (Å²) < 4.78 is 5.97. The van der Waals surface area contributed by atoms with Crippen molar-refractivity contribution in [3.8, 4) is 0 Å². The SMILES string of the molecule is C=CCCCCCCCCCO[Si](C)(C)CC. The minimum Gasteiger partial charge on any atom is -0.417 e. The summed E-state index contributed by atoms with van der Waals surface area (Å²) in [4.78, 5) is 0. The highest BCUT2D eigenvalue weighted by Gasteiger charge is 2.18. The van der Waals surface area contributed by atoms with Gasteiger partial charge in [-0.25, -0.2) is 0 Å². The van der Waals surface area contributed by atoms with E-state index in [4.69, 9.17) is 4.43 Å². The van der Waals surface area contributed by atoms with Crippen molar-refractivity contribution in [1.29, 1.82) is 0 Å². The minimum absolute atomic E-state index is 0.990. The summed E-state index contributed by atoms with van der Waals surface area (Å²) in [6.07, 6.45) is 12.7. The second-order valence-corrected chi connectivity index (χ2v) is 10.0. The lowest BCUT2D eigenvalue weighted by molar-refractivity contribution is 0.294. The van der Waals surface area contributed by atoms with E-state index in [-0.39, 0.29) is 0 Å². The molecule has 0 fully saturated rings. The molecule has 0 amide bonds. The highest BCUT2D eigenvalue weighted by Crippen LogP contribution is 2.12. The second kappa shape index (κ2) is 11.0. The summed E-state index contributed by atoms with van der Waals surface area (Å²) in [6, 6.07) is 1.23. The molecule has 0 aliphatic carbocycles. The number of rotatable bonds is 12. The van der Waals surface area contributed by atoms with E-state index in [2.05, 4.69) is 26.6 Å². The van der Waals surface area contributed by atoms with Gasteiger partial charge in [0.2, 0.25) is 0 Å². The van der Waals surface area contributed by atoms with E-state index in [1.807, 2.05) is 6.08 Å². The molecule has 17 heavy (non-hydrogen) atoms. The maximum atomic E-state index is 5.97. The molecule has 0 aliphatic rings. The Balaban J connectivity index is 3.11. The van der Waals surface area contributed by atoms with Crippen molar-refractivity contribution in [2.24, 2.45) is 0 Å². The van der Waals surface area contributed by atoms with Gasteiger partial charge < -0.3 is 4.43 Å². The van der Waals surface area contributed by atoms with Crippen molar-refractivity contribution in [3.63, 3.8) is 0 Å². The average Bonchev–Trinajstić information content (AvgIpc) is 2.31. The molecule has 0 atom stereocenters. The van der Waals surface area contributed by atoms with Gasteiger partial charge in [0.25, 0.3) is 0 Å². The molecule has 0 aromatic heterocycles. The van der Waals surface area contributed by atoms with Gasteiger partial charge >= 0.3 is 0 Å². The van der Waals surface area contributed by atoms with Crippen LogP contribution in [0.1, 0.15) is 58.3 Å². The average molecular weight is 257 g/mol. The first kappa shape index (κ1) is 16.9. The van der Waals surface area contributed by atoms with Crippen LogP contribution in [0.25, 0.3) is 0 Å². The van der Waals surface area contributed by atoms with Gasteiger partial charge in [-0.05, 0) is 38.4 Å². The summed E-state index contributed by atoms with van der Waals surface area (Å²) in [5.74, 6) is 0. The summed E-state index contributed by atoms with van der Waals surface area (Å²) >= 11 is 0. The predicted octanol–water partition coefficient (Wildman–Crippen LogP) is 5.53. The van der Waals surface area contributed by atoms with Crippen molar-refractivity contribution in [2.45, 2.75) is 77.4 Å². The van der Waals surface area contributed by atoms with Crippen LogP contribution in [0.15, 0.2) is 12.7 Å². The Labute approximate surface area is 110 Å². The van der Waals surface area contributed by atoms with Crippen LogP contribution >= 0.6 is 0 Å². The first-order valence-corrected chi connectivity index (χ1v) is 10.5. The quantitative estimate of drug-likeness (QED) is 0.253. The molecule has 1 nitrogen and oxygen atoms in total. The third-order valence-electron chi connectivity index (χ3n) is 3.40. The minimum atomic E-state index is -1.28. The highest BCUT2D eigenvalue weighted by atomic mass is 28.4. The molecule has 0 aromatic carbocycles. The lowest BCUT2D eigenvalue weighted by atomic mass is 10.1.